The lowest BCUT2D eigenvalue weighted by Crippen LogP contribution is -2.01. The number of hydrogen-bond donors (Lipinski definition) is 0. The summed E-state index contributed by atoms with van der Waals surface area (Å²) in [6, 6.07) is 11.8. The molecule has 0 saturated heterocycles. The third-order valence-electron chi connectivity index (χ3n) is 5.11. The standard InChI is InChI=1S/C16H15NO4.C8H4FNO/c18-16-14-7-2-1-6-13(14)15(21-16)9-8-11-4-3-5-12(10-11)17(19)20;9-8-2-1-6(5-11)3-7(8)4-10/h3-5,9-10H,1-2,6-8H2;1-3,5H. The second kappa shape index (κ2) is 10.3. The van der Waals surface area contributed by atoms with Gasteiger partial charge in [-0.2, -0.15) is 5.26 Å². The van der Waals surface area contributed by atoms with Crippen molar-refractivity contribution in [2.45, 2.75) is 32.1 Å². The quantitative estimate of drug-likeness (QED) is 0.291. The molecular weight excluding hydrogens is 415 g/mol. The normalized spacial score (nSPS) is 15.9. The zero-order valence-electron chi connectivity index (χ0n) is 17.0. The van der Waals surface area contributed by atoms with Crippen LogP contribution in [0.5, 0.6) is 0 Å². The second-order valence-electron chi connectivity index (χ2n) is 7.22. The number of ether oxygens (including phenoxy) is 1. The van der Waals surface area contributed by atoms with Crippen molar-refractivity contribution in [3.63, 3.8) is 0 Å². The monoisotopic (exact) mass is 434 g/mol. The van der Waals surface area contributed by atoms with Crippen molar-refractivity contribution in [1.82, 2.24) is 0 Å². The highest BCUT2D eigenvalue weighted by Crippen LogP contribution is 2.37. The van der Waals surface area contributed by atoms with Crippen LogP contribution in [-0.4, -0.2) is 17.2 Å². The van der Waals surface area contributed by atoms with Gasteiger partial charge in [0.2, 0.25) is 0 Å². The van der Waals surface area contributed by atoms with E-state index >= 15 is 0 Å². The summed E-state index contributed by atoms with van der Waals surface area (Å²) in [6.07, 6.45) is 6.71. The number of cyclic esters (lactones) is 1. The molecule has 2 aromatic carbocycles. The molecule has 4 rings (SSSR count). The minimum Gasteiger partial charge on any atom is -0.423 e. The maximum absolute atomic E-state index is 12.6. The average Bonchev–Trinajstić information content (AvgIpc) is 3.14. The third kappa shape index (κ3) is 5.32. The van der Waals surface area contributed by atoms with Crippen molar-refractivity contribution < 1.29 is 23.6 Å². The fourth-order valence-electron chi connectivity index (χ4n) is 3.50. The van der Waals surface area contributed by atoms with E-state index in [1.165, 1.54) is 18.2 Å². The first kappa shape index (κ1) is 22.6. The van der Waals surface area contributed by atoms with Gasteiger partial charge in [0.25, 0.3) is 5.69 Å². The van der Waals surface area contributed by atoms with Crippen molar-refractivity contribution in [2.24, 2.45) is 0 Å². The topological polar surface area (TPSA) is 110 Å². The van der Waals surface area contributed by atoms with Gasteiger partial charge < -0.3 is 4.74 Å². The molecule has 0 bridgehead atoms. The molecular formula is C24H19FN2O5. The summed E-state index contributed by atoms with van der Waals surface area (Å²) in [5.74, 6) is -0.186. The van der Waals surface area contributed by atoms with Gasteiger partial charge in [-0.3, -0.25) is 14.9 Å². The van der Waals surface area contributed by atoms with Crippen LogP contribution in [0.3, 0.4) is 0 Å². The van der Waals surface area contributed by atoms with E-state index in [1.54, 1.807) is 18.2 Å². The van der Waals surface area contributed by atoms with Crippen molar-refractivity contribution >= 4 is 17.9 Å². The van der Waals surface area contributed by atoms with Gasteiger partial charge in [0.05, 0.1) is 10.5 Å². The first-order valence-corrected chi connectivity index (χ1v) is 9.96. The first-order chi connectivity index (χ1) is 15.4. The molecule has 2 aliphatic rings. The number of carbonyl (C=O) groups is 2. The summed E-state index contributed by atoms with van der Waals surface area (Å²) in [4.78, 5) is 32.3. The molecule has 0 atom stereocenters. The van der Waals surface area contributed by atoms with Gasteiger partial charge in [-0.05, 0) is 61.9 Å². The van der Waals surface area contributed by atoms with Crippen LogP contribution < -0.4 is 0 Å². The first-order valence-electron chi connectivity index (χ1n) is 9.96. The summed E-state index contributed by atoms with van der Waals surface area (Å²) >= 11 is 0. The van der Waals surface area contributed by atoms with Gasteiger partial charge in [0.15, 0.2) is 0 Å². The Hall–Kier alpha value is -4.12. The molecule has 0 spiro atoms. The molecule has 1 aliphatic heterocycles. The van der Waals surface area contributed by atoms with Crippen LogP contribution in [0, 0.1) is 27.3 Å². The predicted octanol–water partition coefficient (Wildman–Crippen LogP) is 4.96. The number of non-ortho nitro benzene ring substituents is 1. The zero-order valence-corrected chi connectivity index (χ0v) is 17.0. The van der Waals surface area contributed by atoms with Crippen LogP contribution in [0.2, 0.25) is 0 Å². The van der Waals surface area contributed by atoms with E-state index in [9.17, 15) is 24.1 Å². The van der Waals surface area contributed by atoms with E-state index in [4.69, 9.17) is 10.00 Å². The molecule has 8 heteroatoms. The van der Waals surface area contributed by atoms with Crippen molar-refractivity contribution in [3.8, 4) is 6.07 Å². The number of benzene rings is 2. The van der Waals surface area contributed by atoms with Crippen LogP contribution in [0.4, 0.5) is 10.1 Å². The SMILES string of the molecule is N#Cc1cc(C=O)ccc1F.O=C1OC(=CCc2cccc([N+](=O)[O-])c2)C2=C1CCCC2. The molecule has 0 N–H and O–H groups in total. The number of carbonyl (C=O) groups excluding carboxylic acids is 2. The number of nitro benzene ring substituents is 1. The van der Waals surface area contributed by atoms with Gasteiger partial charge in [0, 0.05) is 28.8 Å². The summed E-state index contributed by atoms with van der Waals surface area (Å²) in [5, 5.41) is 19.1. The Morgan fingerprint density at radius 2 is 1.91 bits per heavy atom. The maximum Gasteiger partial charge on any atom is 0.339 e. The predicted molar refractivity (Wildman–Crippen MR) is 113 cm³/mol. The van der Waals surface area contributed by atoms with Gasteiger partial charge in [0.1, 0.15) is 23.9 Å². The number of aldehydes is 1. The highest BCUT2D eigenvalue weighted by Gasteiger charge is 2.30. The molecule has 7 nitrogen and oxygen atoms in total. The van der Waals surface area contributed by atoms with Gasteiger partial charge in [-0.25, -0.2) is 9.18 Å². The summed E-state index contributed by atoms with van der Waals surface area (Å²) in [7, 11) is 0. The number of nitrogens with zero attached hydrogens (tertiary/aromatic N) is 2. The number of nitriles is 1. The van der Waals surface area contributed by atoms with Crippen LogP contribution in [0.25, 0.3) is 0 Å². The number of rotatable bonds is 4. The Bertz CT molecular complexity index is 1180. The number of halogens is 1. The van der Waals surface area contributed by atoms with E-state index in [1.807, 2.05) is 12.1 Å². The van der Waals surface area contributed by atoms with Crippen LogP contribution >= 0.6 is 0 Å². The van der Waals surface area contributed by atoms with Crippen molar-refractivity contribution in [1.29, 1.82) is 5.26 Å². The molecule has 0 unspecified atom stereocenters. The minimum atomic E-state index is -0.599. The van der Waals surface area contributed by atoms with Crippen molar-refractivity contribution in [2.75, 3.05) is 0 Å². The highest BCUT2D eigenvalue weighted by molar-refractivity contribution is 5.94. The van der Waals surface area contributed by atoms with E-state index in [2.05, 4.69) is 0 Å². The van der Waals surface area contributed by atoms with E-state index in [-0.39, 0.29) is 17.2 Å². The van der Waals surface area contributed by atoms with Gasteiger partial charge >= 0.3 is 5.97 Å². The van der Waals surface area contributed by atoms with Crippen molar-refractivity contribution in [3.05, 3.63) is 98.1 Å². The fourth-order valence-corrected chi connectivity index (χ4v) is 3.50. The number of allylic oxidation sites excluding steroid dienone is 2. The smallest absolute Gasteiger partial charge is 0.339 e. The molecule has 0 saturated carbocycles. The molecule has 2 aromatic rings. The van der Waals surface area contributed by atoms with Crippen LogP contribution in [0.1, 0.15) is 47.2 Å². The van der Waals surface area contributed by atoms with E-state index < -0.39 is 10.7 Å². The molecule has 1 aliphatic carbocycles. The lowest BCUT2D eigenvalue weighted by molar-refractivity contribution is -0.384. The second-order valence-corrected chi connectivity index (χ2v) is 7.22. The van der Waals surface area contributed by atoms with Crippen LogP contribution in [0.15, 0.2) is 65.4 Å². The largest absolute Gasteiger partial charge is 0.423 e. The Kier molecular flexibility index (Phi) is 7.24. The lowest BCUT2D eigenvalue weighted by Gasteiger charge is -2.10. The Morgan fingerprint density at radius 3 is 2.59 bits per heavy atom. The number of hydrogen-bond acceptors (Lipinski definition) is 6. The minimum absolute atomic E-state index is 0.0758. The molecule has 0 fully saturated rings. The Balaban J connectivity index is 0.000000222. The molecule has 32 heavy (non-hydrogen) atoms. The number of nitro groups is 1. The summed E-state index contributed by atoms with van der Waals surface area (Å²) in [6.45, 7) is 0. The van der Waals surface area contributed by atoms with E-state index in [0.717, 1.165) is 48.5 Å². The molecule has 162 valence electrons. The molecule has 0 amide bonds. The highest BCUT2D eigenvalue weighted by atomic mass is 19.1. The lowest BCUT2D eigenvalue weighted by atomic mass is 9.92. The fraction of sp³-hybridized carbons (Fsp3) is 0.208. The Morgan fingerprint density at radius 1 is 1.16 bits per heavy atom. The summed E-state index contributed by atoms with van der Waals surface area (Å²) < 4.78 is 17.9. The van der Waals surface area contributed by atoms with E-state index in [0.29, 0.717) is 24.0 Å². The Labute approximate surface area is 183 Å². The van der Waals surface area contributed by atoms with Gasteiger partial charge in [-0.15, -0.1) is 0 Å². The number of esters is 1. The van der Waals surface area contributed by atoms with Crippen LogP contribution in [-0.2, 0) is 16.0 Å². The molecule has 1 heterocycles. The molecule has 0 aromatic heterocycles. The van der Waals surface area contributed by atoms with Gasteiger partial charge in [-0.1, -0.05) is 12.1 Å². The molecule has 0 radical (unpaired) electrons. The maximum atomic E-state index is 12.6. The average molecular weight is 434 g/mol. The summed E-state index contributed by atoms with van der Waals surface area (Å²) in [5.41, 5.74) is 2.95. The third-order valence-corrected chi connectivity index (χ3v) is 5.11. The zero-order chi connectivity index (χ0) is 23.1.